The minimum absolute atomic E-state index is 0.0672. The van der Waals surface area contributed by atoms with Crippen molar-refractivity contribution in [1.29, 1.82) is 0 Å². The lowest BCUT2D eigenvalue weighted by molar-refractivity contribution is -0.128. The fraction of sp³-hybridized carbons (Fsp3) is 0. The summed E-state index contributed by atoms with van der Waals surface area (Å²) in [5, 5.41) is 0. The van der Waals surface area contributed by atoms with E-state index >= 15 is 0 Å². The van der Waals surface area contributed by atoms with Crippen molar-refractivity contribution >= 4 is 17.8 Å². The Labute approximate surface area is 146 Å². The van der Waals surface area contributed by atoms with Crippen LogP contribution in [0.5, 0.6) is 5.75 Å². The zero-order valence-electron chi connectivity index (χ0n) is 13.5. The third-order valence-corrected chi connectivity index (χ3v) is 3.58. The Hall–Kier alpha value is -3.46. The van der Waals surface area contributed by atoms with Crippen LogP contribution in [0.3, 0.4) is 0 Å². The molecular formula is C22H16O3. The van der Waals surface area contributed by atoms with Crippen LogP contribution >= 0.6 is 0 Å². The molecule has 0 aliphatic carbocycles. The van der Waals surface area contributed by atoms with Crippen LogP contribution in [-0.4, -0.2) is 11.8 Å². The van der Waals surface area contributed by atoms with Crippen LogP contribution in [0.1, 0.15) is 21.5 Å². The molecule has 25 heavy (non-hydrogen) atoms. The molecule has 0 atom stereocenters. The van der Waals surface area contributed by atoms with Gasteiger partial charge in [0.25, 0.3) is 0 Å². The Kier molecular flexibility index (Phi) is 5.17. The van der Waals surface area contributed by atoms with Crippen LogP contribution in [0.25, 0.3) is 6.08 Å². The molecule has 0 spiro atoms. The highest BCUT2D eigenvalue weighted by Gasteiger charge is 2.09. The summed E-state index contributed by atoms with van der Waals surface area (Å²) < 4.78 is 5.24. The molecule has 3 aromatic carbocycles. The quantitative estimate of drug-likeness (QED) is 0.299. The molecule has 0 saturated carbocycles. The number of hydrogen-bond donors (Lipinski definition) is 0. The lowest BCUT2D eigenvalue weighted by Crippen LogP contribution is -2.05. The van der Waals surface area contributed by atoms with Gasteiger partial charge in [0.2, 0.25) is 0 Å². The number of ketones is 1. The molecule has 0 N–H and O–H groups in total. The Balaban J connectivity index is 1.64. The highest BCUT2D eigenvalue weighted by Crippen LogP contribution is 2.16. The number of ether oxygens (including phenoxy) is 1. The second kappa shape index (κ2) is 7.88. The second-order valence-corrected chi connectivity index (χ2v) is 5.38. The van der Waals surface area contributed by atoms with Gasteiger partial charge in [-0.3, -0.25) is 4.79 Å². The van der Waals surface area contributed by atoms with Crippen LogP contribution in [0.2, 0.25) is 0 Å². The Morgan fingerprint density at radius 3 is 1.88 bits per heavy atom. The van der Waals surface area contributed by atoms with Gasteiger partial charge >= 0.3 is 5.97 Å². The third kappa shape index (κ3) is 4.52. The molecule has 0 heterocycles. The largest absolute Gasteiger partial charge is 0.423 e. The van der Waals surface area contributed by atoms with E-state index in [1.165, 1.54) is 6.08 Å². The van der Waals surface area contributed by atoms with E-state index < -0.39 is 5.97 Å². The molecule has 0 fully saturated rings. The van der Waals surface area contributed by atoms with E-state index in [1.54, 1.807) is 42.5 Å². The molecule has 0 aliphatic heterocycles. The van der Waals surface area contributed by atoms with Crippen molar-refractivity contribution in [3.05, 3.63) is 108 Å². The number of carbonyl (C=O) groups is 2. The number of carbonyl (C=O) groups excluding carboxylic acids is 2. The summed E-state index contributed by atoms with van der Waals surface area (Å²) in [4.78, 5) is 24.2. The summed E-state index contributed by atoms with van der Waals surface area (Å²) in [6, 6.07) is 25.1. The van der Waals surface area contributed by atoms with Crippen LogP contribution in [0.4, 0.5) is 0 Å². The van der Waals surface area contributed by atoms with Crippen LogP contribution in [-0.2, 0) is 4.79 Å². The van der Waals surface area contributed by atoms with Crippen molar-refractivity contribution in [2.24, 2.45) is 0 Å². The smallest absolute Gasteiger partial charge is 0.336 e. The maximum absolute atomic E-state index is 12.3. The summed E-state index contributed by atoms with van der Waals surface area (Å²) in [5.74, 6) is -0.138. The molecule has 3 rings (SSSR count). The SMILES string of the molecule is O=C(C=Cc1ccccc1)Oc1ccc(C(=O)c2ccccc2)cc1. The molecule has 0 bridgehead atoms. The van der Waals surface area contributed by atoms with Gasteiger partial charge in [0.1, 0.15) is 5.75 Å². The summed E-state index contributed by atoms with van der Waals surface area (Å²) in [6.45, 7) is 0. The molecule has 3 aromatic rings. The van der Waals surface area contributed by atoms with Crippen molar-refractivity contribution < 1.29 is 14.3 Å². The van der Waals surface area contributed by atoms with E-state index in [0.29, 0.717) is 16.9 Å². The summed E-state index contributed by atoms with van der Waals surface area (Å²) >= 11 is 0. The third-order valence-electron chi connectivity index (χ3n) is 3.58. The Bertz CT molecular complexity index is 880. The molecule has 0 unspecified atom stereocenters. The average molecular weight is 328 g/mol. The van der Waals surface area contributed by atoms with Crippen molar-refractivity contribution in [2.45, 2.75) is 0 Å². The van der Waals surface area contributed by atoms with Gasteiger partial charge in [0.05, 0.1) is 0 Å². The van der Waals surface area contributed by atoms with E-state index in [9.17, 15) is 9.59 Å². The van der Waals surface area contributed by atoms with Gasteiger partial charge in [-0.25, -0.2) is 4.79 Å². The lowest BCUT2D eigenvalue weighted by Gasteiger charge is -2.04. The van der Waals surface area contributed by atoms with Crippen molar-refractivity contribution in [3.63, 3.8) is 0 Å². The fourth-order valence-electron chi connectivity index (χ4n) is 2.31. The molecule has 3 heteroatoms. The minimum atomic E-state index is -0.467. The zero-order valence-corrected chi connectivity index (χ0v) is 13.5. The maximum atomic E-state index is 12.3. The molecule has 0 amide bonds. The molecule has 0 aliphatic rings. The van der Waals surface area contributed by atoms with Gasteiger partial charge in [0, 0.05) is 17.2 Å². The van der Waals surface area contributed by atoms with Gasteiger partial charge in [-0.05, 0) is 35.9 Å². The van der Waals surface area contributed by atoms with Gasteiger partial charge < -0.3 is 4.74 Å². The highest BCUT2D eigenvalue weighted by atomic mass is 16.5. The zero-order chi connectivity index (χ0) is 17.5. The highest BCUT2D eigenvalue weighted by molar-refractivity contribution is 6.09. The molecule has 0 aromatic heterocycles. The predicted octanol–water partition coefficient (Wildman–Crippen LogP) is 4.54. The number of benzene rings is 3. The lowest BCUT2D eigenvalue weighted by atomic mass is 10.0. The number of hydrogen-bond acceptors (Lipinski definition) is 3. The standard InChI is InChI=1S/C22H16O3/c23-21(16-11-17-7-3-1-4-8-17)25-20-14-12-19(13-15-20)22(24)18-9-5-2-6-10-18/h1-16H. The monoisotopic (exact) mass is 328 g/mol. The van der Waals surface area contributed by atoms with Crippen LogP contribution < -0.4 is 4.74 Å². The van der Waals surface area contributed by atoms with E-state index in [4.69, 9.17) is 4.74 Å². The molecule has 0 saturated heterocycles. The predicted molar refractivity (Wildman–Crippen MR) is 97.4 cm³/mol. The minimum Gasteiger partial charge on any atom is -0.423 e. The fourth-order valence-corrected chi connectivity index (χ4v) is 2.31. The van der Waals surface area contributed by atoms with Crippen LogP contribution in [0, 0.1) is 0 Å². The molecule has 0 radical (unpaired) electrons. The summed E-state index contributed by atoms with van der Waals surface area (Å²) in [5.41, 5.74) is 2.09. The van der Waals surface area contributed by atoms with E-state index in [1.807, 2.05) is 48.5 Å². The van der Waals surface area contributed by atoms with Gasteiger partial charge in [-0.1, -0.05) is 60.7 Å². The normalized spacial score (nSPS) is 10.6. The summed E-state index contributed by atoms with van der Waals surface area (Å²) in [6.07, 6.45) is 3.06. The van der Waals surface area contributed by atoms with E-state index in [-0.39, 0.29) is 5.78 Å². The van der Waals surface area contributed by atoms with E-state index in [2.05, 4.69) is 0 Å². The van der Waals surface area contributed by atoms with E-state index in [0.717, 1.165) is 5.56 Å². The Morgan fingerprint density at radius 2 is 1.24 bits per heavy atom. The molecule has 3 nitrogen and oxygen atoms in total. The van der Waals surface area contributed by atoms with Gasteiger partial charge in [-0.15, -0.1) is 0 Å². The van der Waals surface area contributed by atoms with Crippen molar-refractivity contribution in [1.82, 2.24) is 0 Å². The number of rotatable bonds is 5. The number of esters is 1. The van der Waals surface area contributed by atoms with Crippen molar-refractivity contribution in [2.75, 3.05) is 0 Å². The summed E-state index contributed by atoms with van der Waals surface area (Å²) in [7, 11) is 0. The topological polar surface area (TPSA) is 43.4 Å². The first-order chi connectivity index (χ1) is 12.2. The Morgan fingerprint density at radius 1 is 0.680 bits per heavy atom. The first kappa shape index (κ1) is 16.4. The van der Waals surface area contributed by atoms with Crippen LogP contribution in [0.15, 0.2) is 91.0 Å². The van der Waals surface area contributed by atoms with Crippen molar-refractivity contribution in [3.8, 4) is 5.75 Å². The molecular weight excluding hydrogens is 312 g/mol. The first-order valence-corrected chi connectivity index (χ1v) is 7.87. The second-order valence-electron chi connectivity index (χ2n) is 5.38. The first-order valence-electron chi connectivity index (χ1n) is 7.87. The maximum Gasteiger partial charge on any atom is 0.336 e. The van der Waals surface area contributed by atoms with Gasteiger partial charge in [0.15, 0.2) is 5.78 Å². The van der Waals surface area contributed by atoms with Gasteiger partial charge in [-0.2, -0.15) is 0 Å². The average Bonchev–Trinajstić information content (AvgIpc) is 2.68. The molecule has 122 valence electrons.